The summed E-state index contributed by atoms with van der Waals surface area (Å²) in [5, 5.41) is 0.189. The van der Waals surface area contributed by atoms with E-state index >= 15 is 0 Å². The lowest BCUT2D eigenvalue weighted by Gasteiger charge is -2.32. The van der Waals surface area contributed by atoms with Crippen LogP contribution < -0.4 is 20.7 Å². The molecule has 2 aliphatic rings. The summed E-state index contributed by atoms with van der Waals surface area (Å²) in [6, 6.07) is 5.92. The molecule has 13 nitrogen and oxygen atoms in total. The summed E-state index contributed by atoms with van der Waals surface area (Å²) in [6.07, 6.45) is 5.62. The summed E-state index contributed by atoms with van der Waals surface area (Å²) in [5.74, 6) is -0.167. The Bertz CT molecular complexity index is 2050. The maximum absolute atomic E-state index is 14.5. The maximum Gasteiger partial charge on any atom is 0.332 e. The third-order valence-electron chi connectivity index (χ3n) is 9.12. The van der Waals surface area contributed by atoms with Crippen molar-refractivity contribution in [2.24, 2.45) is 0 Å². The predicted octanol–water partition coefficient (Wildman–Crippen LogP) is 4.47. The molecule has 15 heteroatoms. The van der Waals surface area contributed by atoms with Gasteiger partial charge >= 0.3 is 5.69 Å². The molecule has 258 valence electrons. The number of amides is 1. The molecule has 5 heterocycles. The van der Waals surface area contributed by atoms with Crippen molar-refractivity contribution in [3.63, 3.8) is 0 Å². The van der Waals surface area contributed by atoms with Crippen molar-refractivity contribution >= 4 is 37.5 Å². The molecule has 2 aliphatic heterocycles. The number of aryl methyl sites for hydroxylation is 1. The van der Waals surface area contributed by atoms with Crippen LogP contribution in [0.25, 0.3) is 21.0 Å². The van der Waals surface area contributed by atoms with Crippen LogP contribution in [0.2, 0.25) is 0 Å². The van der Waals surface area contributed by atoms with Crippen LogP contribution in [0, 0.1) is 6.92 Å². The number of nitrogens with zero attached hydrogens (tertiary/aromatic N) is 3. The lowest BCUT2D eigenvalue weighted by atomic mass is 10.0. The number of thiophene rings is 1. The van der Waals surface area contributed by atoms with E-state index in [1.54, 1.807) is 14.0 Å². The first-order chi connectivity index (χ1) is 22.7. The number of para-hydroxylation sites is 1. The SMILES string of the molecule is COc1ccccc1[C@H](Cn1c(=O)n([C@@H](C)C(=O)NS(=O)(=O)C(C)(C)C)c(=O)c2c(C)c(-c3ncco3)sc21)O[C@@H]1C[C@H]2CC[C@@H](C1)O2. The normalized spacial score (nSPS) is 20.9. The number of sulfonamides is 1. The largest absolute Gasteiger partial charge is 0.496 e. The summed E-state index contributed by atoms with van der Waals surface area (Å²) in [5.41, 5.74) is -0.307. The molecule has 5 atom stereocenters. The van der Waals surface area contributed by atoms with Gasteiger partial charge in [0.1, 0.15) is 29.0 Å². The van der Waals surface area contributed by atoms with Gasteiger partial charge in [-0.15, -0.1) is 11.3 Å². The summed E-state index contributed by atoms with van der Waals surface area (Å²) in [7, 11) is -2.57. The summed E-state index contributed by atoms with van der Waals surface area (Å²) < 4.78 is 52.9. The number of hydrogen-bond donors (Lipinski definition) is 1. The average Bonchev–Trinajstić information content (AvgIpc) is 3.77. The van der Waals surface area contributed by atoms with Crippen molar-refractivity contribution in [2.75, 3.05) is 7.11 Å². The van der Waals surface area contributed by atoms with Gasteiger partial charge in [-0.2, -0.15) is 0 Å². The van der Waals surface area contributed by atoms with Gasteiger partial charge in [-0.3, -0.25) is 18.9 Å². The number of fused-ring (bicyclic) bond motifs is 3. The van der Waals surface area contributed by atoms with E-state index in [1.165, 1.54) is 56.1 Å². The molecule has 0 saturated carbocycles. The molecule has 2 bridgehead atoms. The van der Waals surface area contributed by atoms with Crippen LogP contribution in [0.3, 0.4) is 0 Å². The molecular weight excluding hydrogens is 661 g/mol. The van der Waals surface area contributed by atoms with Crippen molar-refractivity contribution in [1.29, 1.82) is 0 Å². The Morgan fingerprint density at radius 2 is 1.85 bits per heavy atom. The molecule has 0 unspecified atom stereocenters. The third kappa shape index (κ3) is 6.24. The smallest absolute Gasteiger partial charge is 0.332 e. The molecule has 1 amide bonds. The lowest BCUT2D eigenvalue weighted by molar-refractivity contribution is -0.122. The van der Waals surface area contributed by atoms with Crippen LogP contribution in [0.15, 0.2) is 50.7 Å². The first kappa shape index (κ1) is 34.1. The van der Waals surface area contributed by atoms with Crippen LogP contribution in [0.4, 0.5) is 0 Å². The van der Waals surface area contributed by atoms with E-state index in [4.69, 9.17) is 18.6 Å². The molecule has 4 aromatic rings. The van der Waals surface area contributed by atoms with E-state index in [9.17, 15) is 22.8 Å². The Labute approximate surface area is 281 Å². The van der Waals surface area contributed by atoms with Crippen LogP contribution in [0.5, 0.6) is 5.75 Å². The Morgan fingerprint density at radius 3 is 2.48 bits per heavy atom. The highest BCUT2D eigenvalue weighted by molar-refractivity contribution is 7.91. The van der Waals surface area contributed by atoms with Crippen molar-refractivity contribution in [3.8, 4) is 16.5 Å². The van der Waals surface area contributed by atoms with Crippen molar-refractivity contribution in [1.82, 2.24) is 18.8 Å². The molecule has 0 radical (unpaired) electrons. The van der Waals surface area contributed by atoms with Crippen molar-refractivity contribution in [2.45, 2.75) is 102 Å². The van der Waals surface area contributed by atoms with Gasteiger partial charge in [0.05, 0.1) is 53.2 Å². The van der Waals surface area contributed by atoms with Crippen molar-refractivity contribution < 1.29 is 31.8 Å². The third-order valence-corrected chi connectivity index (χ3v) is 12.5. The molecular formula is C33H40N4O9S2. The van der Waals surface area contributed by atoms with Gasteiger partial charge in [-0.25, -0.2) is 22.8 Å². The zero-order valence-electron chi connectivity index (χ0n) is 27.7. The Morgan fingerprint density at radius 1 is 1.17 bits per heavy atom. The second-order valence-electron chi connectivity index (χ2n) is 13.3. The minimum Gasteiger partial charge on any atom is -0.496 e. The molecule has 2 saturated heterocycles. The van der Waals surface area contributed by atoms with E-state index in [2.05, 4.69) is 9.71 Å². The van der Waals surface area contributed by atoms with E-state index in [0.717, 1.165) is 17.4 Å². The predicted molar refractivity (Wildman–Crippen MR) is 180 cm³/mol. The molecule has 48 heavy (non-hydrogen) atoms. The molecule has 2 fully saturated rings. The van der Waals surface area contributed by atoms with Gasteiger partial charge in [0.15, 0.2) is 0 Å². The fraction of sp³-hybridized carbons (Fsp3) is 0.515. The monoisotopic (exact) mass is 700 g/mol. The first-order valence-corrected chi connectivity index (χ1v) is 18.2. The van der Waals surface area contributed by atoms with E-state index in [-0.39, 0.29) is 36.1 Å². The lowest BCUT2D eigenvalue weighted by Crippen LogP contribution is -2.49. The minimum absolute atomic E-state index is 0.0394. The van der Waals surface area contributed by atoms with E-state index in [1.807, 2.05) is 24.3 Å². The quantitative estimate of drug-likeness (QED) is 0.250. The fourth-order valence-corrected chi connectivity index (χ4v) is 8.34. The summed E-state index contributed by atoms with van der Waals surface area (Å²) >= 11 is 1.17. The number of methoxy groups -OCH3 is 1. The number of nitrogens with one attached hydrogen (secondary N) is 1. The Balaban J connectivity index is 1.51. The zero-order chi connectivity index (χ0) is 34.5. The number of aromatic nitrogens is 3. The fourth-order valence-electron chi connectivity index (χ4n) is 6.36. The van der Waals surface area contributed by atoms with E-state index in [0.29, 0.717) is 39.4 Å². The molecule has 6 rings (SSSR count). The summed E-state index contributed by atoms with van der Waals surface area (Å²) in [4.78, 5) is 47.3. The summed E-state index contributed by atoms with van der Waals surface area (Å²) in [6.45, 7) is 7.34. The van der Waals surface area contributed by atoms with Crippen LogP contribution >= 0.6 is 11.3 Å². The van der Waals surface area contributed by atoms with Crippen LogP contribution in [0.1, 0.15) is 76.7 Å². The first-order valence-electron chi connectivity index (χ1n) is 15.9. The highest BCUT2D eigenvalue weighted by Crippen LogP contribution is 2.40. The highest BCUT2D eigenvalue weighted by atomic mass is 32.2. The zero-order valence-corrected chi connectivity index (χ0v) is 29.4. The number of benzene rings is 1. The van der Waals surface area contributed by atoms with E-state index < -0.39 is 44.1 Å². The number of oxazole rings is 1. The topological polar surface area (TPSA) is 161 Å². The second-order valence-corrected chi connectivity index (χ2v) is 16.8. The van der Waals surface area contributed by atoms with Gasteiger partial charge < -0.3 is 18.6 Å². The average molecular weight is 701 g/mol. The van der Waals surface area contributed by atoms with Gasteiger partial charge in [0.25, 0.3) is 11.5 Å². The number of carbonyl (C=O) groups excluding carboxylic acids is 1. The maximum atomic E-state index is 14.5. The number of rotatable bonds is 10. The van der Waals surface area contributed by atoms with Gasteiger partial charge in [0.2, 0.25) is 15.9 Å². The van der Waals surface area contributed by atoms with Gasteiger partial charge in [0, 0.05) is 5.56 Å². The standard InChI is InChI=1S/C33H40N4O9S2/c1-18-26-30(39)37(19(2)28(38)35-48(41,42)33(3,4)5)32(40)36(31(26)47-27(18)29-34-13-14-44-29)17-25(23-9-7-8-10-24(23)43-6)46-22-15-20-11-12-21(16-22)45-20/h7-10,13-14,19-22,25H,11-12,15-17H2,1-6H3,(H,35,38)/t19-,20-,21+,22-,25-/m0/s1. The van der Waals surface area contributed by atoms with Crippen LogP contribution in [-0.4, -0.2) is 58.6 Å². The number of carbonyl (C=O) groups is 1. The minimum atomic E-state index is -4.13. The number of ether oxygens (including phenoxy) is 3. The highest BCUT2D eigenvalue weighted by Gasteiger charge is 2.38. The molecule has 0 aliphatic carbocycles. The second kappa shape index (κ2) is 12.9. The van der Waals surface area contributed by atoms with Gasteiger partial charge in [-0.1, -0.05) is 18.2 Å². The van der Waals surface area contributed by atoms with Crippen molar-refractivity contribution in [3.05, 3.63) is 68.7 Å². The Hall–Kier alpha value is -3.79. The Kier molecular flexibility index (Phi) is 9.17. The van der Waals surface area contributed by atoms with Crippen LogP contribution in [-0.2, 0) is 30.8 Å². The molecule has 1 aromatic carbocycles. The van der Waals surface area contributed by atoms with Gasteiger partial charge in [-0.05, 0) is 71.9 Å². The number of hydrogen-bond acceptors (Lipinski definition) is 11. The molecule has 1 N–H and O–H groups in total. The molecule has 3 aromatic heterocycles. The molecule has 0 spiro atoms.